The van der Waals surface area contributed by atoms with Gasteiger partial charge in [-0.1, -0.05) is 6.92 Å². The van der Waals surface area contributed by atoms with Crippen LogP contribution < -0.4 is 5.32 Å². The molecule has 3 nitrogen and oxygen atoms in total. The maximum atomic E-state index is 5.72. The molecule has 1 rings (SSSR count). The molecule has 0 saturated carbocycles. The summed E-state index contributed by atoms with van der Waals surface area (Å²) in [6, 6.07) is 2.29. The molecule has 0 bridgehead atoms. The van der Waals surface area contributed by atoms with Crippen molar-refractivity contribution >= 4 is 0 Å². The van der Waals surface area contributed by atoms with E-state index < -0.39 is 0 Å². The van der Waals surface area contributed by atoms with Crippen LogP contribution in [0.15, 0.2) is 18.5 Å². The van der Waals surface area contributed by atoms with Gasteiger partial charge in [0, 0.05) is 12.4 Å². The van der Waals surface area contributed by atoms with Crippen molar-refractivity contribution in [1.82, 2.24) is 10.3 Å². The molecule has 0 fully saturated rings. The molecule has 1 aromatic heterocycles. The number of hydrogen-bond donors (Lipinski definition) is 1. The second-order valence-electron chi connectivity index (χ2n) is 4.62. The summed E-state index contributed by atoms with van der Waals surface area (Å²) in [5.41, 5.74) is 2.50. The fraction of sp³-hybridized carbons (Fsp3) is 0.643. The first-order valence-corrected chi connectivity index (χ1v) is 6.40. The van der Waals surface area contributed by atoms with Crippen molar-refractivity contribution in [1.29, 1.82) is 0 Å². The third-order valence-corrected chi connectivity index (χ3v) is 2.69. The molecule has 3 heteroatoms. The number of rotatable bonds is 7. The molecule has 0 aliphatic carbocycles. The number of hydrogen-bond acceptors (Lipinski definition) is 3. The third kappa shape index (κ3) is 4.84. The predicted octanol–water partition coefficient (Wildman–Crippen LogP) is 2.86. The Morgan fingerprint density at radius 2 is 2.18 bits per heavy atom. The van der Waals surface area contributed by atoms with Crippen molar-refractivity contribution in [3.63, 3.8) is 0 Å². The Kier molecular flexibility index (Phi) is 6.16. The molecule has 0 spiro atoms. The first kappa shape index (κ1) is 14.1. The number of aryl methyl sites for hydroxylation is 1. The molecule has 17 heavy (non-hydrogen) atoms. The normalized spacial score (nSPS) is 13.0. The highest BCUT2D eigenvalue weighted by molar-refractivity contribution is 5.25. The van der Waals surface area contributed by atoms with Gasteiger partial charge in [0.1, 0.15) is 0 Å². The fourth-order valence-electron chi connectivity index (χ4n) is 1.71. The quantitative estimate of drug-likeness (QED) is 0.790. The highest BCUT2D eigenvalue weighted by Gasteiger charge is 2.13. The van der Waals surface area contributed by atoms with Gasteiger partial charge < -0.3 is 10.1 Å². The van der Waals surface area contributed by atoms with Crippen LogP contribution in [0.5, 0.6) is 0 Å². The van der Waals surface area contributed by atoms with E-state index >= 15 is 0 Å². The molecule has 0 aliphatic heterocycles. The van der Waals surface area contributed by atoms with E-state index in [-0.39, 0.29) is 12.1 Å². The van der Waals surface area contributed by atoms with E-state index in [0.29, 0.717) is 6.61 Å². The Balaban J connectivity index is 2.71. The predicted molar refractivity (Wildman–Crippen MR) is 71.1 cm³/mol. The lowest BCUT2D eigenvalue weighted by Crippen LogP contribution is -2.28. The van der Waals surface area contributed by atoms with Crippen LogP contribution in [0.1, 0.15) is 44.4 Å². The molecule has 1 aromatic rings. The summed E-state index contributed by atoms with van der Waals surface area (Å²) in [4.78, 5) is 4.21. The Hall–Kier alpha value is -0.930. The van der Waals surface area contributed by atoms with Crippen LogP contribution in [0.3, 0.4) is 0 Å². The standard InChI is InChI=1S/C14H24N2O/c1-5-7-16-14(10-17-11(2)3)13-9-15-8-6-12(13)4/h6,8-9,11,14,16H,5,7,10H2,1-4H3. The van der Waals surface area contributed by atoms with Crippen molar-refractivity contribution < 1.29 is 4.74 Å². The molecule has 96 valence electrons. The van der Waals surface area contributed by atoms with Gasteiger partial charge in [-0.05, 0) is 50.9 Å². The molecule has 1 heterocycles. The number of ether oxygens (including phenoxy) is 1. The number of pyridine rings is 1. The zero-order valence-electron chi connectivity index (χ0n) is 11.4. The molecule has 1 N–H and O–H groups in total. The van der Waals surface area contributed by atoms with Crippen LogP contribution in [0.4, 0.5) is 0 Å². The number of nitrogens with one attached hydrogen (secondary N) is 1. The second kappa shape index (κ2) is 7.41. The molecule has 0 radical (unpaired) electrons. The number of nitrogens with zero attached hydrogens (tertiary/aromatic N) is 1. The van der Waals surface area contributed by atoms with Gasteiger partial charge in [-0.3, -0.25) is 4.98 Å². The van der Waals surface area contributed by atoms with E-state index in [4.69, 9.17) is 4.74 Å². The van der Waals surface area contributed by atoms with Crippen LogP contribution in [0, 0.1) is 6.92 Å². The van der Waals surface area contributed by atoms with Crippen LogP contribution >= 0.6 is 0 Å². The SMILES string of the molecule is CCCNC(COC(C)C)c1cnccc1C. The van der Waals surface area contributed by atoms with Gasteiger partial charge in [-0.25, -0.2) is 0 Å². The van der Waals surface area contributed by atoms with Crippen molar-refractivity contribution in [3.8, 4) is 0 Å². The van der Waals surface area contributed by atoms with Gasteiger partial charge in [0.15, 0.2) is 0 Å². The van der Waals surface area contributed by atoms with Gasteiger partial charge in [0.05, 0.1) is 18.8 Å². The van der Waals surface area contributed by atoms with Crippen LogP contribution in [0.2, 0.25) is 0 Å². The minimum Gasteiger partial charge on any atom is -0.377 e. The molecular weight excluding hydrogens is 212 g/mol. The fourth-order valence-corrected chi connectivity index (χ4v) is 1.71. The smallest absolute Gasteiger partial charge is 0.0665 e. The minimum atomic E-state index is 0.242. The average molecular weight is 236 g/mol. The van der Waals surface area contributed by atoms with E-state index in [9.17, 15) is 0 Å². The summed E-state index contributed by atoms with van der Waals surface area (Å²) in [6.07, 6.45) is 5.15. The third-order valence-electron chi connectivity index (χ3n) is 2.69. The highest BCUT2D eigenvalue weighted by Crippen LogP contribution is 2.17. The molecule has 0 aliphatic rings. The summed E-state index contributed by atoms with van der Waals surface area (Å²) in [5.74, 6) is 0. The first-order chi connectivity index (χ1) is 8.15. The largest absolute Gasteiger partial charge is 0.377 e. The van der Waals surface area contributed by atoms with Gasteiger partial charge in [0.25, 0.3) is 0 Å². The molecular formula is C14H24N2O. The topological polar surface area (TPSA) is 34.1 Å². The molecule has 0 aromatic carbocycles. The Labute approximate surface area is 105 Å². The monoisotopic (exact) mass is 236 g/mol. The van der Waals surface area contributed by atoms with Crippen molar-refractivity contribution in [2.75, 3.05) is 13.2 Å². The van der Waals surface area contributed by atoms with Gasteiger partial charge in [-0.15, -0.1) is 0 Å². The van der Waals surface area contributed by atoms with Crippen molar-refractivity contribution in [2.45, 2.75) is 46.3 Å². The maximum Gasteiger partial charge on any atom is 0.0665 e. The van der Waals surface area contributed by atoms with Crippen LogP contribution in [-0.2, 0) is 4.74 Å². The van der Waals surface area contributed by atoms with Crippen molar-refractivity contribution in [3.05, 3.63) is 29.6 Å². The second-order valence-corrected chi connectivity index (χ2v) is 4.62. The lowest BCUT2D eigenvalue weighted by Gasteiger charge is -2.21. The van der Waals surface area contributed by atoms with Crippen LogP contribution in [0.25, 0.3) is 0 Å². The Morgan fingerprint density at radius 3 is 2.76 bits per heavy atom. The highest BCUT2D eigenvalue weighted by atomic mass is 16.5. The molecule has 1 unspecified atom stereocenters. The summed E-state index contributed by atoms with van der Waals surface area (Å²) < 4.78 is 5.72. The maximum absolute atomic E-state index is 5.72. The first-order valence-electron chi connectivity index (χ1n) is 6.40. The van der Waals surface area contributed by atoms with Gasteiger partial charge in [0.2, 0.25) is 0 Å². The molecule has 1 atom stereocenters. The summed E-state index contributed by atoms with van der Waals surface area (Å²) in [7, 11) is 0. The van der Waals surface area contributed by atoms with E-state index in [0.717, 1.165) is 13.0 Å². The minimum absolute atomic E-state index is 0.242. The lowest BCUT2D eigenvalue weighted by atomic mass is 10.0. The Bertz CT molecular complexity index is 326. The zero-order chi connectivity index (χ0) is 12.7. The van der Waals surface area contributed by atoms with E-state index in [2.05, 4.69) is 38.0 Å². The van der Waals surface area contributed by atoms with E-state index in [1.165, 1.54) is 11.1 Å². The Morgan fingerprint density at radius 1 is 1.41 bits per heavy atom. The summed E-state index contributed by atoms with van der Waals surface area (Å²) in [6.45, 7) is 10.1. The lowest BCUT2D eigenvalue weighted by molar-refractivity contribution is 0.0609. The molecule has 0 amide bonds. The molecule has 0 saturated heterocycles. The average Bonchev–Trinajstić information content (AvgIpc) is 2.30. The number of aromatic nitrogens is 1. The zero-order valence-corrected chi connectivity index (χ0v) is 11.4. The van der Waals surface area contributed by atoms with E-state index in [1.54, 1.807) is 0 Å². The van der Waals surface area contributed by atoms with Gasteiger partial charge >= 0.3 is 0 Å². The van der Waals surface area contributed by atoms with Crippen molar-refractivity contribution in [2.24, 2.45) is 0 Å². The van der Waals surface area contributed by atoms with Crippen LogP contribution in [-0.4, -0.2) is 24.2 Å². The van der Waals surface area contributed by atoms with Gasteiger partial charge in [-0.2, -0.15) is 0 Å². The summed E-state index contributed by atoms with van der Waals surface area (Å²) >= 11 is 0. The van der Waals surface area contributed by atoms with E-state index in [1.807, 2.05) is 18.5 Å². The summed E-state index contributed by atoms with van der Waals surface area (Å²) in [5, 5.41) is 3.52.